The van der Waals surface area contributed by atoms with Crippen LogP contribution in [-0.2, 0) is 14.6 Å². The highest BCUT2D eigenvalue weighted by Crippen LogP contribution is 2.24. The highest BCUT2D eigenvalue weighted by Gasteiger charge is 2.22. The molecule has 0 radical (unpaired) electrons. The maximum atomic E-state index is 13.5. The van der Waals surface area contributed by atoms with E-state index in [0.29, 0.717) is 53.8 Å². The minimum absolute atomic E-state index is 0.0636. The molecule has 0 fully saturated rings. The van der Waals surface area contributed by atoms with E-state index in [-0.39, 0.29) is 16.8 Å². The molecule has 3 heterocycles. The second-order valence-electron chi connectivity index (χ2n) is 8.96. The number of ether oxygens (including phenoxy) is 1. The summed E-state index contributed by atoms with van der Waals surface area (Å²) < 4.78 is 44.3. The van der Waals surface area contributed by atoms with Crippen LogP contribution in [0.5, 0.6) is 0 Å². The Balaban J connectivity index is 1.64. The van der Waals surface area contributed by atoms with Gasteiger partial charge in [0.25, 0.3) is 5.91 Å². The van der Waals surface area contributed by atoms with E-state index in [1.807, 2.05) is 7.05 Å². The van der Waals surface area contributed by atoms with Crippen molar-refractivity contribution in [2.45, 2.75) is 17.5 Å². The number of hydrogen-bond donors (Lipinski definition) is 1. The number of rotatable bonds is 11. The summed E-state index contributed by atoms with van der Waals surface area (Å²) in [4.78, 5) is 23.8. The van der Waals surface area contributed by atoms with Gasteiger partial charge in [-0.1, -0.05) is 0 Å². The van der Waals surface area contributed by atoms with Crippen LogP contribution in [0.1, 0.15) is 28.4 Å². The lowest BCUT2D eigenvalue weighted by Crippen LogP contribution is -2.33. The predicted molar refractivity (Wildman–Crippen MR) is 140 cm³/mol. The number of sulfone groups is 1. The maximum absolute atomic E-state index is 13.5. The molecule has 0 spiro atoms. The van der Waals surface area contributed by atoms with Gasteiger partial charge in [-0.15, -0.1) is 0 Å². The van der Waals surface area contributed by atoms with Gasteiger partial charge in [0.05, 0.1) is 41.8 Å². The molecule has 0 saturated carbocycles. The van der Waals surface area contributed by atoms with Gasteiger partial charge in [-0.05, 0) is 55.4 Å². The summed E-state index contributed by atoms with van der Waals surface area (Å²) in [6.45, 7) is 1.89. The predicted octanol–water partition coefficient (Wildman–Crippen LogP) is 2.80. The van der Waals surface area contributed by atoms with Crippen molar-refractivity contribution in [1.82, 2.24) is 30.0 Å². The number of aromatic nitrogens is 4. The van der Waals surface area contributed by atoms with Crippen LogP contribution in [-0.4, -0.2) is 79.1 Å². The van der Waals surface area contributed by atoms with Crippen LogP contribution >= 0.6 is 0 Å². The van der Waals surface area contributed by atoms with E-state index in [1.54, 1.807) is 42.4 Å². The van der Waals surface area contributed by atoms with Crippen molar-refractivity contribution in [3.8, 4) is 5.69 Å². The number of hydrogen-bond acceptors (Lipinski definition) is 8. The Morgan fingerprint density at radius 1 is 1.16 bits per heavy atom. The summed E-state index contributed by atoms with van der Waals surface area (Å²) in [6, 6.07) is 8.53. The van der Waals surface area contributed by atoms with E-state index < -0.39 is 15.9 Å². The van der Waals surface area contributed by atoms with E-state index in [2.05, 4.69) is 25.3 Å². The topological polar surface area (TPSA) is 119 Å². The van der Waals surface area contributed by atoms with E-state index in [0.717, 1.165) is 6.26 Å². The summed E-state index contributed by atoms with van der Waals surface area (Å²) in [7, 11) is 0.0445. The van der Waals surface area contributed by atoms with Gasteiger partial charge in [0.15, 0.2) is 14.9 Å². The molecular formula is C26H29FN6O4S. The Morgan fingerprint density at radius 2 is 1.92 bits per heavy atom. The lowest BCUT2D eigenvalue weighted by molar-refractivity contribution is 0.0931. The monoisotopic (exact) mass is 540 g/mol. The van der Waals surface area contributed by atoms with Crippen molar-refractivity contribution in [3.05, 3.63) is 78.1 Å². The molecule has 4 rings (SSSR count). The molecule has 10 nitrogen and oxygen atoms in total. The van der Waals surface area contributed by atoms with Crippen molar-refractivity contribution < 1.29 is 22.3 Å². The summed E-state index contributed by atoms with van der Waals surface area (Å²) in [5.74, 6) is -0.749. The molecule has 0 unspecified atom stereocenters. The van der Waals surface area contributed by atoms with Crippen molar-refractivity contribution in [2.75, 3.05) is 40.1 Å². The van der Waals surface area contributed by atoms with E-state index in [9.17, 15) is 17.6 Å². The molecule has 0 saturated heterocycles. The molecule has 0 bridgehead atoms. The van der Waals surface area contributed by atoms with Crippen molar-refractivity contribution in [3.63, 3.8) is 0 Å². The first-order valence-corrected chi connectivity index (χ1v) is 13.8. The summed E-state index contributed by atoms with van der Waals surface area (Å²) in [5, 5.41) is 7.94. The molecule has 1 atom stereocenters. The van der Waals surface area contributed by atoms with Crippen molar-refractivity contribution in [2.24, 2.45) is 0 Å². The van der Waals surface area contributed by atoms with Crippen LogP contribution < -0.4 is 5.32 Å². The number of carbonyl (C=O) groups is 1. The van der Waals surface area contributed by atoms with E-state index in [1.165, 1.54) is 30.6 Å². The number of fused-ring (bicyclic) bond motifs is 1. The molecular weight excluding hydrogens is 511 g/mol. The summed E-state index contributed by atoms with van der Waals surface area (Å²) >= 11 is 0. The number of pyridine rings is 2. The molecule has 1 N–H and O–H groups in total. The number of nitrogens with zero attached hydrogens (tertiary/aromatic N) is 5. The summed E-state index contributed by atoms with van der Waals surface area (Å²) in [5.41, 5.74) is 2.15. The molecule has 1 amide bonds. The number of methoxy groups -OCH3 is 1. The smallest absolute Gasteiger partial charge is 0.254 e. The van der Waals surface area contributed by atoms with Gasteiger partial charge in [0.1, 0.15) is 5.82 Å². The molecule has 12 heteroatoms. The zero-order valence-electron chi connectivity index (χ0n) is 21.3. The normalized spacial score (nSPS) is 12.7. The van der Waals surface area contributed by atoms with Crippen LogP contribution in [0.25, 0.3) is 16.6 Å². The highest BCUT2D eigenvalue weighted by atomic mass is 32.2. The molecule has 4 aromatic rings. The van der Waals surface area contributed by atoms with Crippen LogP contribution in [0.15, 0.2) is 66.2 Å². The maximum Gasteiger partial charge on any atom is 0.254 e. The quantitative estimate of drug-likeness (QED) is 0.309. The molecule has 0 aliphatic rings. The molecule has 0 aliphatic carbocycles. The zero-order chi connectivity index (χ0) is 27.3. The third-order valence-electron chi connectivity index (χ3n) is 6.14. The lowest BCUT2D eigenvalue weighted by atomic mass is 10.0. The molecule has 200 valence electrons. The van der Waals surface area contributed by atoms with E-state index >= 15 is 0 Å². The average molecular weight is 541 g/mol. The second kappa shape index (κ2) is 11.8. The zero-order valence-corrected chi connectivity index (χ0v) is 22.2. The number of benzene rings is 1. The highest BCUT2D eigenvalue weighted by molar-refractivity contribution is 7.90. The van der Waals surface area contributed by atoms with Gasteiger partial charge in [0, 0.05) is 44.2 Å². The Morgan fingerprint density at radius 3 is 2.63 bits per heavy atom. The van der Waals surface area contributed by atoms with Crippen molar-refractivity contribution >= 4 is 26.6 Å². The van der Waals surface area contributed by atoms with Crippen LogP contribution in [0.3, 0.4) is 0 Å². The van der Waals surface area contributed by atoms with Gasteiger partial charge >= 0.3 is 0 Å². The molecule has 1 aromatic carbocycles. The fourth-order valence-electron chi connectivity index (χ4n) is 4.02. The first kappa shape index (κ1) is 27.3. The SMILES string of the molecule is COCCN(C)CC[C@H](NC(=O)c1cncc2c1cnn2-c1ccc(F)cc1)c1ccnc(S(C)(=O)=O)c1. The minimum Gasteiger partial charge on any atom is -0.383 e. The first-order chi connectivity index (χ1) is 18.2. The Kier molecular flexibility index (Phi) is 8.45. The number of halogens is 1. The average Bonchev–Trinajstić information content (AvgIpc) is 3.34. The van der Waals surface area contributed by atoms with Crippen LogP contribution in [0.2, 0.25) is 0 Å². The third kappa shape index (κ3) is 6.39. The Labute approximate surface area is 220 Å². The van der Waals surface area contributed by atoms with Gasteiger partial charge in [0.2, 0.25) is 0 Å². The molecule has 3 aromatic heterocycles. The molecule has 0 aliphatic heterocycles. The Bertz CT molecular complexity index is 1520. The number of amides is 1. The van der Waals surface area contributed by atoms with Gasteiger partial charge in [-0.2, -0.15) is 5.10 Å². The first-order valence-electron chi connectivity index (χ1n) is 11.9. The van der Waals surface area contributed by atoms with Crippen LogP contribution in [0.4, 0.5) is 4.39 Å². The standard InChI is InChI=1S/C26H29FN6O4S/c1-32(12-13-37-2)11-9-23(18-8-10-29-25(14-18)38(3,35)36)31-26(34)22-15-28-17-24-21(22)16-30-33(24)20-6-4-19(27)5-7-20/h4-8,10,14-17,23H,9,11-13H2,1-3H3,(H,31,34)/t23-/m0/s1. The minimum atomic E-state index is -3.53. The number of likely N-dealkylation sites (N-methyl/N-ethyl adjacent to an activating group) is 1. The summed E-state index contributed by atoms with van der Waals surface area (Å²) in [6.07, 6.45) is 7.65. The second-order valence-corrected chi connectivity index (χ2v) is 10.9. The fraction of sp³-hybridized carbons (Fsp3) is 0.308. The lowest BCUT2D eigenvalue weighted by Gasteiger charge is -2.23. The molecule has 38 heavy (non-hydrogen) atoms. The number of nitrogens with one attached hydrogen (secondary N) is 1. The van der Waals surface area contributed by atoms with Gasteiger partial charge in [-0.25, -0.2) is 22.5 Å². The van der Waals surface area contributed by atoms with Gasteiger partial charge < -0.3 is 15.0 Å². The van der Waals surface area contributed by atoms with Crippen LogP contribution in [0, 0.1) is 5.82 Å². The van der Waals surface area contributed by atoms with Crippen molar-refractivity contribution in [1.29, 1.82) is 0 Å². The van der Waals surface area contributed by atoms with Gasteiger partial charge in [-0.3, -0.25) is 9.78 Å². The van der Waals surface area contributed by atoms with E-state index in [4.69, 9.17) is 4.74 Å². The fourth-order valence-corrected chi connectivity index (χ4v) is 4.62. The largest absolute Gasteiger partial charge is 0.383 e. The Hall–Kier alpha value is -3.74. The third-order valence-corrected chi connectivity index (χ3v) is 7.12. The number of carbonyl (C=O) groups excluding carboxylic acids is 1.